The van der Waals surface area contributed by atoms with Crippen molar-refractivity contribution in [2.45, 2.75) is 20.8 Å². The zero-order valence-electron chi connectivity index (χ0n) is 7.55. The van der Waals surface area contributed by atoms with Crippen LogP contribution < -0.4 is 4.43 Å². The van der Waals surface area contributed by atoms with E-state index in [9.17, 15) is 0 Å². The molecule has 0 saturated carbocycles. The van der Waals surface area contributed by atoms with E-state index in [2.05, 4.69) is 49.2 Å². The quantitative estimate of drug-likeness (QED) is 0.587. The molecule has 0 spiro atoms. The maximum absolute atomic E-state index is 2.77. The van der Waals surface area contributed by atoms with Crippen molar-refractivity contribution in [1.29, 1.82) is 0 Å². The van der Waals surface area contributed by atoms with E-state index in [4.69, 9.17) is 0 Å². The highest BCUT2D eigenvalue weighted by Crippen LogP contribution is 2.03. The maximum atomic E-state index is 2.77. The summed E-state index contributed by atoms with van der Waals surface area (Å²) in [6.07, 6.45) is 0. The van der Waals surface area contributed by atoms with Crippen LogP contribution in [0.2, 0.25) is 0 Å². The molecule has 0 aliphatic rings. The van der Waals surface area contributed by atoms with Gasteiger partial charge in [0, 0.05) is 0 Å². The van der Waals surface area contributed by atoms with Crippen LogP contribution >= 0.6 is 24.8 Å². The van der Waals surface area contributed by atoms with Crippen molar-refractivity contribution >= 4 is 45.5 Å². The molecule has 0 unspecified atom stereocenters. The molecule has 0 aliphatic heterocycles. The van der Waals surface area contributed by atoms with Crippen LogP contribution in [-0.4, -0.2) is 16.3 Å². The Kier molecular flexibility index (Phi) is 7.28. The second-order valence-electron chi connectivity index (χ2n) is 2.81. The SMILES string of the molecule is Cc1cc(C)[c]([Al])c(C)c1.Cl.Cl. The lowest BCUT2D eigenvalue weighted by Crippen LogP contribution is -2.11. The molecule has 66 valence electrons. The van der Waals surface area contributed by atoms with Gasteiger partial charge in [0.15, 0.2) is 16.3 Å². The first-order chi connectivity index (χ1) is 4.61. The Morgan fingerprint density at radius 1 is 0.917 bits per heavy atom. The third kappa shape index (κ3) is 3.37. The Morgan fingerprint density at radius 3 is 1.58 bits per heavy atom. The number of hydrogen-bond acceptors (Lipinski definition) is 0. The van der Waals surface area contributed by atoms with E-state index in [1.165, 1.54) is 21.1 Å². The van der Waals surface area contributed by atoms with Crippen molar-refractivity contribution in [3.63, 3.8) is 0 Å². The standard InChI is InChI=1S/C9H11.Al.2ClH/c1-7-4-8(2)6-9(3)5-7;;;/h4-5H,1-3H3;;2*1H. The highest BCUT2D eigenvalue weighted by atomic mass is 35.5. The Hall–Kier alpha value is 0.332. The first kappa shape index (κ1) is 14.8. The van der Waals surface area contributed by atoms with Crippen LogP contribution in [0.1, 0.15) is 16.7 Å². The summed E-state index contributed by atoms with van der Waals surface area (Å²) >= 11 is 2.77. The minimum absolute atomic E-state index is 0. The Balaban J connectivity index is 0. The summed E-state index contributed by atoms with van der Waals surface area (Å²) < 4.78 is 1.34. The number of aryl methyl sites for hydroxylation is 3. The summed E-state index contributed by atoms with van der Waals surface area (Å²) in [6.45, 7) is 6.41. The topological polar surface area (TPSA) is 0 Å². The van der Waals surface area contributed by atoms with Crippen molar-refractivity contribution < 1.29 is 0 Å². The van der Waals surface area contributed by atoms with Crippen LogP contribution in [0, 0.1) is 20.8 Å². The molecule has 0 aromatic heterocycles. The van der Waals surface area contributed by atoms with Crippen molar-refractivity contribution in [3.8, 4) is 0 Å². The molecule has 0 saturated heterocycles. The van der Waals surface area contributed by atoms with Crippen LogP contribution in [0.15, 0.2) is 12.1 Å². The Labute approximate surface area is 95.0 Å². The van der Waals surface area contributed by atoms with Gasteiger partial charge in [-0.15, -0.1) is 29.2 Å². The fourth-order valence-corrected chi connectivity index (χ4v) is 1.36. The van der Waals surface area contributed by atoms with Gasteiger partial charge in [0.25, 0.3) is 0 Å². The van der Waals surface area contributed by atoms with Crippen LogP contribution in [0.25, 0.3) is 0 Å². The molecule has 0 fully saturated rings. The summed E-state index contributed by atoms with van der Waals surface area (Å²) in [4.78, 5) is 0. The summed E-state index contributed by atoms with van der Waals surface area (Å²) in [6, 6.07) is 4.41. The smallest absolute Gasteiger partial charge is 0.147 e. The second kappa shape index (κ2) is 5.89. The van der Waals surface area contributed by atoms with Crippen LogP contribution in [0.3, 0.4) is 0 Å². The number of benzene rings is 1. The zero-order chi connectivity index (χ0) is 7.72. The molecule has 1 rings (SSSR count). The van der Waals surface area contributed by atoms with Gasteiger partial charge in [0.2, 0.25) is 0 Å². The normalized spacial score (nSPS) is 8.25. The van der Waals surface area contributed by atoms with Gasteiger partial charge in [-0.1, -0.05) is 28.8 Å². The van der Waals surface area contributed by atoms with Gasteiger partial charge in [-0.2, -0.15) is 0 Å². The molecule has 0 N–H and O–H groups in total. The maximum Gasteiger partial charge on any atom is 0.176 e. The molecule has 0 atom stereocenters. The average Bonchev–Trinajstić information content (AvgIpc) is 1.82. The number of rotatable bonds is 0. The molecule has 0 heterocycles. The van der Waals surface area contributed by atoms with Gasteiger partial charge in [0.05, 0.1) is 0 Å². The monoisotopic (exact) mass is 218 g/mol. The molecule has 3 heteroatoms. The minimum Gasteiger partial charge on any atom is -0.147 e. The molecule has 2 radical (unpaired) electrons. The molecule has 0 amide bonds. The lowest BCUT2D eigenvalue weighted by Gasteiger charge is -2.06. The van der Waals surface area contributed by atoms with Crippen molar-refractivity contribution in [2.75, 3.05) is 0 Å². The molecule has 1 aromatic rings. The van der Waals surface area contributed by atoms with E-state index in [1.54, 1.807) is 0 Å². The molecular weight excluding hydrogens is 206 g/mol. The fourth-order valence-electron chi connectivity index (χ4n) is 1.19. The van der Waals surface area contributed by atoms with Gasteiger partial charge >= 0.3 is 0 Å². The Morgan fingerprint density at radius 2 is 1.25 bits per heavy atom. The highest BCUT2D eigenvalue weighted by molar-refractivity contribution is 6.34. The predicted octanol–water partition coefficient (Wildman–Crippen LogP) is 2.25. The Bertz CT molecular complexity index is 236. The summed E-state index contributed by atoms with van der Waals surface area (Å²) in [5, 5.41) is 0. The van der Waals surface area contributed by atoms with E-state index in [0.717, 1.165) is 0 Å². The van der Waals surface area contributed by atoms with Gasteiger partial charge in [-0.05, 0) is 20.8 Å². The predicted molar refractivity (Wildman–Crippen MR) is 60.5 cm³/mol. The molecular formula is C9H13AlCl2. The minimum atomic E-state index is 0. The largest absolute Gasteiger partial charge is 0.176 e. The van der Waals surface area contributed by atoms with Gasteiger partial charge in [-0.25, -0.2) is 0 Å². The summed E-state index contributed by atoms with van der Waals surface area (Å²) in [7, 11) is 0. The molecule has 0 nitrogen and oxygen atoms in total. The summed E-state index contributed by atoms with van der Waals surface area (Å²) in [5.74, 6) is 0. The number of hydrogen-bond donors (Lipinski definition) is 0. The molecule has 0 bridgehead atoms. The van der Waals surface area contributed by atoms with Gasteiger partial charge < -0.3 is 0 Å². The first-order valence-corrected chi connectivity index (χ1v) is 4.02. The third-order valence-electron chi connectivity index (χ3n) is 1.74. The number of halogens is 2. The van der Waals surface area contributed by atoms with E-state index in [-0.39, 0.29) is 24.8 Å². The van der Waals surface area contributed by atoms with Gasteiger partial charge in [0.1, 0.15) is 0 Å². The lowest BCUT2D eigenvalue weighted by atomic mass is 10.1. The van der Waals surface area contributed by atoms with Crippen LogP contribution in [0.4, 0.5) is 0 Å². The van der Waals surface area contributed by atoms with E-state index in [0.29, 0.717) is 0 Å². The van der Waals surface area contributed by atoms with E-state index >= 15 is 0 Å². The van der Waals surface area contributed by atoms with E-state index in [1.807, 2.05) is 0 Å². The first-order valence-electron chi connectivity index (χ1n) is 3.44. The molecule has 0 aliphatic carbocycles. The van der Waals surface area contributed by atoms with Gasteiger partial charge in [-0.3, -0.25) is 0 Å². The van der Waals surface area contributed by atoms with E-state index < -0.39 is 0 Å². The van der Waals surface area contributed by atoms with Crippen LogP contribution in [0.5, 0.6) is 0 Å². The van der Waals surface area contributed by atoms with Crippen molar-refractivity contribution in [3.05, 3.63) is 28.8 Å². The average molecular weight is 219 g/mol. The third-order valence-corrected chi connectivity index (χ3v) is 2.65. The second-order valence-corrected chi connectivity index (χ2v) is 3.39. The zero-order valence-corrected chi connectivity index (χ0v) is 10.3. The molecule has 1 aromatic carbocycles. The van der Waals surface area contributed by atoms with Crippen molar-refractivity contribution in [2.24, 2.45) is 0 Å². The highest BCUT2D eigenvalue weighted by Gasteiger charge is 1.94. The van der Waals surface area contributed by atoms with Crippen molar-refractivity contribution in [1.82, 2.24) is 0 Å². The fraction of sp³-hybridized carbons (Fsp3) is 0.333. The lowest BCUT2D eigenvalue weighted by molar-refractivity contribution is 1.35. The molecule has 12 heavy (non-hydrogen) atoms. The summed E-state index contributed by atoms with van der Waals surface area (Å²) in [5.41, 5.74) is 4.08. The van der Waals surface area contributed by atoms with Crippen LogP contribution in [-0.2, 0) is 0 Å².